The fraction of sp³-hybridized carbons (Fsp3) is 0.286. The zero-order chi connectivity index (χ0) is 13.9. The zero-order valence-corrected chi connectivity index (χ0v) is 10.9. The number of halogens is 1. The van der Waals surface area contributed by atoms with Crippen molar-refractivity contribution in [2.75, 3.05) is 6.61 Å². The van der Waals surface area contributed by atoms with Crippen LogP contribution in [0.2, 0.25) is 0 Å². The summed E-state index contributed by atoms with van der Waals surface area (Å²) >= 11 is 0. The molecule has 0 bridgehead atoms. The van der Waals surface area contributed by atoms with E-state index in [0.29, 0.717) is 18.1 Å². The Hall–Kier alpha value is -2.01. The lowest BCUT2D eigenvalue weighted by Crippen LogP contribution is -2.35. The van der Waals surface area contributed by atoms with E-state index in [1.165, 1.54) is 6.07 Å². The first kappa shape index (κ1) is 13.4. The molecule has 0 saturated carbocycles. The summed E-state index contributed by atoms with van der Waals surface area (Å²) in [7, 11) is 0. The summed E-state index contributed by atoms with van der Waals surface area (Å²) < 4.78 is 18.3. The highest BCUT2D eigenvalue weighted by Crippen LogP contribution is 2.26. The van der Waals surface area contributed by atoms with E-state index in [2.05, 4.69) is 9.97 Å². The maximum absolute atomic E-state index is 12.9. The van der Waals surface area contributed by atoms with Crippen molar-refractivity contribution in [3.8, 4) is 5.75 Å². The quantitative estimate of drug-likeness (QED) is 0.916. The van der Waals surface area contributed by atoms with Gasteiger partial charge in [-0.05, 0) is 37.6 Å². The van der Waals surface area contributed by atoms with Crippen molar-refractivity contribution >= 4 is 0 Å². The molecule has 0 saturated heterocycles. The number of hydrogen-bond donors (Lipinski definition) is 1. The molecule has 2 heterocycles. The second kappa shape index (κ2) is 5.32. The second-order valence-corrected chi connectivity index (χ2v) is 4.41. The van der Waals surface area contributed by atoms with Gasteiger partial charge in [0.05, 0.1) is 30.2 Å². The average molecular weight is 261 g/mol. The number of aromatic nitrogens is 2. The minimum atomic E-state index is -0.853. The molecule has 2 rings (SSSR count). The molecule has 0 fully saturated rings. The SMILES string of the molecule is CCOc1cncc(C(C)(N)c2ccc(F)cn2)c1. The third kappa shape index (κ3) is 2.88. The molecule has 0 amide bonds. The first-order valence-electron chi connectivity index (χ1n) is 6.03. The Labute approximate surface area is 111 Å². The highest BCUT2D eigenvalue weighted by molar-refractivity contribution is 5.35. The topological polar surface area (TPSA) is 61.0 Å². The Morgan fingerprint density at radius 1 is 1.32 bits per heavy atom. The number of ether oxygens (including phenoxy) is 1. The fourth-order valence-corrected chi connectivity index (χ4v) is 1.78. The summed E-state index contributed by atoms with van der Waals surface area (Å²) in [6.45, 7) is 4.26. The summed E-state index contributed by atoms with van der Waals surface area (Å²) in [6, 6.07) is 4.73. The van der Waals surface area contributed by atoms with E-state index in [0.717, 1.165) is 11.8 Å². The Morgan fingerprint density at radius 2 is 2.11 bits per heavy atom. The molecule has 4 nitrogen and oxygen atoms in total. The standard InChI is InChI=1S/C14H16FN3O/c1-3-19-12-6-10(7-17-9-12)14(2,16)13-5-4-11(15)8-18-13/h4-9H,3,16H2,1-2H3. The molecule has 2 aromatic rings. The van der Waals surface area contributed by atoms with Gasteiger partial charge in [-0.2, -0.15) is 0 Å². The van der Waals surface area contributed by atoms with Crippen LogP contribution in [0.5, 0.6) is 5.75 Å². The zero-order valence-electron chi connectivity index (χ0n) is 10.9. The van der Waals surface area contributed by atoms with Gasteiger partial charge in [0.25, 0.3) is 0 Å². The molecule has 1 atom stereocenters. The van der Waals surface area contributed by atoms with E-state index in [1.54, 1.807) is 25.4 Å². The highest BCUT2D eigenvalue weighted by atomic mass is 19.1. The van der Waals surface area contributed by atoms with Crippen molar-refractivity contribution in [2.24, 2.45) is 5.73 Å². The predicted molar refractivity (Wildman–Crippen MR) is 70.2 cm³/mol. The smallest absolute Gasteiger partial charge is 0.141 e. The van der Waals surface area contributed by atoms with Crippen molar-refractivity contribution in [1.29, 1.82) is 0 Å². The van der Waals surface area contributed by atoms with E-state index < -0.39 is 5.54 Å². The Bertz CT molecular complexity index is 555. The van der Waals surface area contributed by atoms with Crippen molar-refractivity contribution in [2.45, 2.75) is 19.4 Å². The minimum absolute atomic E-state index is 0.388. The van der Waals surface area contributed by atoms with E-state index in [9.17, 15) is 4.39 Å². The van der Waals surface area contributed by atoms with Crippen LogP contribution < -0.4 is 10.5 Å². The normalized spacial score (nSPS) is 13.9. The van der Waals surface area contributed by atoms with Crippen LogP contribution in [-0.4, -0.2) is 16.6 Å². The van der Waals surface area contributed by atoms with Crippen LogP contribution in [0.25, 0.3) is 0 Å². The predicted octanol–water partition coefficient (Wildman–Crippen LogP) is 2.24. The third-order valence-corrected chi connectivity index (χ3v) is 2.88. The van der Waals surface area contributed by atoms with E-state index in [-0.39, 0.29) is 5.82 Å². The Kier molecular flexibility index (Phi) is 3.76. The van der Waals surface area contributed by atoms with Gasteiger partial charge in [0.15, 0.2) is 0 Å². The van der Waals surface area contributed by atoms with E-state index in [4.69, 9.17) is 10.5 Å². The van der Waals surface area contributed by atoms with Gasteiger partial charge in [-0.15, -0.1) is 0 Å². The maximum atomic E-state index is 12.9. The first-order chi connectivity index (χ1) is 9.04. The van der Waals surface area contributed by atoms with Crippen LogP contribution in [-0.2, 0) is 5.54 Å². The van der Waals surface area contributed by atoms with Crippen LogP contribution in [0.1, 0.15) is 25.1 Å². The largest absolute Gasteiger partial charge is 0.492 e. The van der Waals surface area contributed by atoms with Crippen molar-refractivity contribution < 1.29 is 9.13 Å². The molecule has 100 valence electrons. The molecular weight excluding hydrogens is 245 g/mol. The molecule has 0 aromatic carbocycles. The van der Waals surface area contributed by atoms with Crippen molar-refractivity contribution in [3.05, 3.63) is 53.9 Å². The van der Waals surface area contributed by atoms with Gasteiger partial charge in [0, 0.05) is 6.20 Å². The molecule has 19 heavy (non-hydrogen) atoms. The van der Waals surface area contributed by atoms with E-state index in [1.807, 2.05) is 13.0 Å². The van der Waals surface area contributed by atoms with Crippen LogP contribution in [0.15, 0.2) is 36.8 Å². The molecule has 0 spiro atoms. The van der Waals surface area contributed by atoms with Gasteiger partial charge in [-0.3, -0.25) is 9.97 Å². The lowest BCUT2D eigenvalue weighted by atomic mass is 9.90. The number of nitrogens with zero attached hydrogens (tertiary/aromatic N) is 2. The minimum Gasteiger partial charge on any atom is -0.492 e. The van der Waals surface area contributed by atoms with Gasteiger partial charge in [0.1, 0.15) is 11.6 Å². The van der Waals surface area contributed by atoms with Crippen LogP contribution in [0, 0.1) is 5.82 Å². The lowest BCUT2D eigenvalue weighted by Gasteiger charge is -2.24. The third-order valence-electron chi connectivity index (χ3n) is 2.88. The first-order valence-corrected chi connectivity index (χ1v) is 6.03. The molecular formula is C14H16FN3O. The summed E-state index contributed by atoms with van der Waals surface area (Å²) in [5.74, 6) is 0.263. The molecule has 0 aliphatic heterocycles. The average Bonchev–Trinajstić information content (AvgIpc) is 2.40. The number of hydrogen-bond acceptors (Lipinski definition) is 4. The van der Waals surface area contributed by atoms with Gasteiger partial charge >= 0.3 is 0 Å². The molecule has 1 unspecified atom stereocenters. The number of nitrogens with two attached hydrogens (primary N) is 1. The van der Waals surface area contributed by atoms with Gasteiger partial charge < -0.3 is 10.5 Å². The van der Waals surface area contributed by atoms with Gasteiger partial charge in [0.2, 0.25) is 0 Å². The summed E-state index contributed by atoms with van der Waals surface area (Å²) in [6.07, 6.45) is 4.44. The lowest BCUT2D eigenvalue weighted by molar-refractivity contribution is 0.337. The Balaban J connectivity index is 2.37. The monoisotopic (exact) mass is 261 g/mol. The van der Waals surface area contributed by atoms with Crippen LogP contribution >= 0.6 is 0 Å². The van der Waals surface area contributed by atoms with Crippen LogP contribution in [0.4, 0.5) is 4.39 Å². The highest BCUT2D eigenvalue weighted by Gasteiger charge is 2.26. The Morgan fingerprint density at radius 3 is 2.74 bits per heavy atom. The van der Waals surface area contributed by atoms with Crippen LogP contribution in [0.3, 0.4) is 0 Å². The van der Waals surface area contributed by atoms with Crippen molar-refractivity contribution in [1.82, 2.24) is 9.97 Å². The molecule has 0 aliphatic carbocycles. The fourth-order valence-electron chi connectivity index (χ4n) is 1.78. The number of pyridine rings is 2. The molecule has 2 aromatic heterocycles. The summed E-state index contributed by atoms with van der Waals surface area (Å²) in [4.78, 5) is 8.14. The van der Waals surface area contributed by atoms with Crippen molar-refractivity contribution in [3.63, 3.8) is 0 Å². The molecule has 0 aliphatic rings. The van der Waals surface area contributed by atoms with Gasteiger partial charge in [-0.1, -0.05) is 0 Å². The molecule has 0 radical (unpaired) electrons. The number of rotatable bonds is 4. The molecule has 2 N–H and O–H groups in total. The summed E-state index contributed by atoms with van der Waals surface area (Å²) in [5.41, 5.74) is 6.78. The van der Waals surface area contributed by atoms with E-state index >= 15 is 0 Å². The van der Waals surface area contributed by atoms with Gasteiger partial charge in [-0.25, -0.2) is 4.39 Å². The maximum Gasteiger partial charge on any atom is 0.141 e. The summed E-state index contributed by atoms with van der Waals surface area (Å²) in [5, 5.41) is 0. The molecule has 5 heteroatoms. The second-order valence-electron chi connectivity index (χ2n) is 4.41.